The predicted octanol–water partition coefficient (Wildman–Crippen LogP) is -0.202. The first-order chi connectivity index (χ1) is 9.04. The lowest BCUT2D eigenvalue weighted by Crippen LogP contribution is -2.33. The summed E-state index contributed by atoms with van der Waals surface area (Å²) < 4.78 is 25.6. The average Bonchev–Trinajstić information content (AvgIpc) is 2.67. The molecule has 19 heavy (non-hydrogen) atoms. The highest BCUT2D eigenvalue weighted by molar-refractivity contribution is 8.00. The molecule has 1 heterocycles. The van der Waals surface area contributed by atoms with E-state index in [1.807, 2.05) is 0 Å². The minimum atomic E-state index is -2.14. The Morgan fingerprint density at radius 1 is 1.26 bits per heavy atom. The molecule has 106 valence electrons. The van der Waals surface area contributed by atoms with Crippen molar-refractivity contribution in [1.29, 1.82) is 0 Å². The van der Waals surface area contributed by atoms with E-state index < -0.39 is 41.4 Å². The third-order valence-corrected chi connectivity index (χ3v) is 4.87. The first kappa shape index (κ1) is 14.9. The maximum atomic E-state index is 11.2. The Hall–Kier alpha value is -0.480. The van der Waals surface area contributed by atoms with Crippen LogP contribution in [0.3, 0.4) is 0 Å². The monoisotopic (exact) mass is 306 g/mol. The Balaban J connectivity index is 2.16. The summed E-state index contributed by atoms with van der Waals surface area (Å²) in [5, 5.41) is 28.4. The van der Waals surface area contributed by atoms with Gasteiger partial charge in [0, 0.05) is 4.90 Å². The van der Waals surface area contributed by atoms with Crippen LogP contribution in [0.5, 0.6) is 0 Å². The third kappa shape index (κ3) is 3.16. The van der Waals surface area contributed by atoms with Crippen molar-refractivity contribution in [2.24, 2.45) is 0 Å². The number of hydrogen-bond acceptors (Lipinski definition) is 6. The SMILES string of the molecule is O=S(O)c1ccccc1S[C@@H]1O[C@H](CO)[C@H](O)[C@H]1O. The molecule has 1 fully saturated rings. The fraction of sp³-hybridized carbons (Fsp3) is 0.455. The molecule has 0 spiro atoms. The van der Waals surface area contributed by atoms with E-state index in [9.17, 15) is 14.4 Å². The molecule has 0 aromatic heterocycles. The number of benzene rings is 1. The number of aliphatic hydroxyl groups excluding tert-OH is 3. The molecule has 4 N–H and O–H groups in total. The highest BCUT2D eigenvalue weighted by Gasteiger charge is 2.43. The van der Waals surface area contributed by atoms with E-state index in [1.54, 1.807) is 18.2 Å². The number of rotatable bonds is 4. The van der Waals surface area contributed by atoms with E-state index >= 15 is 0 Å². The summed E-state index contributed by atoms with van der Waals surface area (Å²) in [6.45, 7) is -0.400. The number of thioether (sulfide) groups is 1. The highest BCUT2D eigenvalue weighted by Crippen LogP contribution is 2.36. The summed E-state index contributed by atoms with van der Waals surface area (Å²) in [6, 6.07) is 6.45. The quantitative estimate of drug-likeness (QED) is 0.571. The maximum Gasteiger partial charge on any atom is 0.187 e. The Kier molecular flexibility index (Phi) is 4.96. The van der Waals surface area contributed by atoms with E-state index in [0.717, 1.165) is 11.8 Å². The van der Waals surface area contributed by atoms with Gasteiger partial charge in [-0.05, 0) is 12.1 Å². The van der Waals surface area contributed by atoms with Crippen LogP contribution in [-0.2, 0) is 15.8 Å². The maximum absolute atomic E-state index is 11.2. The lowest BCUT2D eigenvalue weighted by molar-refractivity contribution is -0.00809. The van der Waals surface area contributed by atoms with E-state index in [4.69, 9.17) is 14.4 Å². The lowest BCUT2D eigenvalue weighted by Gasteiger charge is -2.15. The van der Waals surface area contributed by atoms with Crippen molar-refractivity contribution < 1.29 is 28.8 Å². The Morgan fingerprint density at radius 3 is 2.53 bits per heavy atom. The van der Waals surface area contributed by atoms with Crippen molar-refractivity contribution in [3.63, 3.8) is 0 Å². The molecule has 0 saturated carbocycles. The average molecular weight is 306 g/mol. The van der Waals surface area contributed by atoms with Crippen LogP contribution >= 0.6 is 11.8 Å². The highest BCUT2D eigenvalue weighted by atomic mass is 32.2. The van der Waals surface area contributed by atoms with Gasteiger partial charge in [-0.2, -0.15) is 0 Å². The topological polar surface area (TPSA) is 107 Å². The van der Waals surface area contributed by atoms with Gasteiger partial charge in [0.15, 0.2) is 11.1 Å². The van der Waals surface area contributed by atoms with Crippen LogP contribution in [0, 0.1) is 0 Å². The van der Waals surface area contributed by atoms with Crippen LogP contribution in [0.4, 0.5) is 0 Å². The van der Waals surface area contributed by atoms with E-state index in [-0.39, 0.29) is 4.90 Å². The number of aliphatic hydroxyl groups is 3. The Labute approximate surface area is 116 Å². The molecule has 5 atom stereocenters. The summed E-state index contributed by atoms with van der Waals surface area (Å²) in [6.07, 6.45) is -3.18. The second kappa shape index (κ2) is 6.31. The van der Waals surface area contributed by atoms with Crippen LogP contribution in [0.25, 0.3) is 0 Å². The minimum Gasteiger partial charge on any atom is -0.394 e. The molecule has 1 aliphatic heterocycles. The third-order valence-electron chi connectivity index (χ3n) is 2.78. The largest absolute Gasteiger partial charge is 0.394 e. The van der Waals surface area contributed by atoms with Gasteiger partial charge in [0.25, 0.3) is 0 Å². The van der Waals surface area contributed by atoms with Gasteiger partial charge in [-0.25, -0.2) is 4.21 Å². The molecule has 1 aromatic rings. The smallest absolute Gasteiger partial charge is 0.187 e. The molecule has 2 rings (SSSR count). The standard InChI is InChI=1S/C11H14O6S2/c12-5-6-9(13)10(14)11(17-6)18-7-3-1-2-4-8(7)19(15)16/h1-4,6,9-14H,5H2,(H,15,16)/t6-,9+,10-,11+/m1/s1. The summed E-state index contributed by atoms with van der Waals surface area (Å²) in [5.74, 6) is 0. The van der Waals surface area contributed by atoms with Gasteiger partial charge in [0.2, 0.25) is 0 Å². The molecule has 0 bridgehead atoms. The van der Waals surface area contributed by atoms with Crippen LogP contribution in [0.2, 0.25) is 0 Å². The molecular formula is C11H14O6S2. The minimum absolute atomic E-state index is 0.213. The zero-order valence-corrected chi connectivity index (χ0v) is 11.4. The first-order valence-corrected chi connectivity index (χ1v) is 7.52. The molecule has 8 heteroatoms. The molecule has 0 amide bonds. The van der Waals surface area contributed by atoms with Gasteiger partial charge in [0.05, 0.1) is 11.5 Å². The van der Waals surface area contributed by atoms with E-state index in [0.29, 0.717) is 4.90 Å². The molecule has 0 aliphatic carbocycles. The molecule has 6 nitrogen and oxygen atoms in total. The second-order valence-corrected chi connectivity index (χ2v) is 6.10. The van der Waals surface area contributed by atoms with Gasteiger partial charge >= 0.3 is 0 Å². The van der Waals surface area contributed by atoms with Gasteiger partial charge in [-0.1, -0.05) is 23.9 Å². The van der Waals surface area contributed by atoms with Gasteiger partial charge in [-0.3, -0.25) is 0 Å². The van der Waals surface area contributed by atoms with Crippen molar-refractivity contribution in [1.82, 2.24) is 0 Å². The Morgan fingerprint density at radius 2 is 1.95 bits per heavy atom. The number of hydrogen-bond donors (Lipinski definition) is 4. The predicted molar refractivity (Wildman–Crippen MR) is 69.1 cm³/mol. The number of ether oxygens (including phenoxy) is 1. The lowest BCUT2D eigenvalue weighted by atomic mass is 10.2. The van der Waals surface area contributed by atoms with Crippen LogP contribution < -0.4 is 0 Å². The van der Waals surface area contributed by atoms with Crippen molar-refractivity contribution in [2.45, 2.75) is 33.5 Å². The van der Waals surface area contributed by atoms with Crippen molar-refractivity contribution >= 4 is 22.8 Å². The summed E-state index contributed by atoms with van der Waals surface area (Å²) in [5.41, 5.74) is -0.795. The van der Waals surface area contributed by atoms with Crippen LogP contribution in [0.1, 0.15) is 0 Å². The van der Waals surface area contributed by atoms with Gasteiger partial charge in [0.1, 0.15) is 23.7 Å². The fourth-order valence-corrected chi connectivity index (χ4v) is 3.66. The molecule has 1 unspecified atom stereocenters. The molecule has 1 saturated heterocycles. The normalized spacial score (nSPS) is 32.4. The molecule has 1 aliphatic rings. The molecular weight excluding hydrogens is 292 g/mol. The Bertz CT molecular complexity index is 468. The first-order valence-electron chi connectivity index (χ1n) is 5.53. The zero-order valence-electron chi connectivity index (χ0n) is 9.75. The fourth-order valence-electron chi connectivity index (χ4n) is 1.78. The zero-order chi connectivity index (χ0) is 14.0. The summed E-state index contributed by atoms with van der Waals surface area (Å²) in [7, 11) is 0. The van der Waals surface area contributed by atoms with Gasteiger partial charge < -0.3 is 24.6 Å². The second-order valence-electron chi connectivity index (χ2n) is 4.02. The van der Waals surface area contributed by atoms with Crippen LogP contribution in [-0.4, -0.2) is 54.4 Å². The molecule has 0 radical (unpaired) electrons. The van der Waals surface area contributed by atoms with Crippen molar-refractivity contribution in [3.8, 4) is 0 Å². The summed E-state index contributed by atoms with van der Waals surface area (Å²) in [4.78, 5) is 0.698. The van der Waals surface area contributed by atoms with Gasteiger partial charge in [-0.15, -0.1) is 0 Å². The summed E-state index contributed by atoms with van der Waals surface area (Å²) >= 11 is -1.10. The van der Waals surface area contributed by atoms with E-state index in [1.165, 1.54) is 6.07 Å². The van der Waals surface area contributed by atoms with Crippen molar-refractivity contribution in [2.75, 3.05) is 6.61 Å². The molecule has 1 aromatic carbocycles. The van der Waals surface area contributed by atoms with E-state index in [2.05, 4.69) is 0 Å². The van der Waals surface area contributed by atoms with Crippen molar-refractivity contribution in [3.05, 3.63) is 24.3 Å². The van der Waals surface area contributed by atoms with Crippen LogP contribution in [0.15, 0.2) is 34.1 Å².